The maximum Gasteiger partial charge on any atom is 0.255 e. The number of hydrogen-bond donors (Lipinski definition) is 2. The Morgan fingerprint density at radius 2 is 2.20 bits per heavy atom. The van der Waals surface area contributed by atoms with Crippen LogP contribution in [0.2, 0.25) is 5.02 Å². The molecule has 2 aromatic heterocycles. The van der Waals surface area contributed by atoms with E-state index in [0.717, 1.165) is 0 Å². The summed E-state index contributed by atoms with van der Waals surface area (Å²) in [4.78, 5) is 38.8. The Balaban J connectivity index is 1.51. The normalized spacial score (nSPS) is 17.2. The van der Waals surface area contributed by atoms with Crippen molar-refractivity contribution in [3.05, 3.63) is 80.7 Å². The monoisotopic (exact) mass is 499 g/mol. The molecule has 0 aliphatic carbocycles. The number of H-pyrrole nitrogens is 1. The quantitative estimate of drug-likeness (QED) is 0.518. The lowest BCUT2D eigenvalue weighted by atomic mass is 10.0. The predicted molar refractivity (Wildman–Crippen MR) is 131 cm³/mol. The van der Waals surface area contributed by atoms with Gasteiger partial charge < -0.3 is 15.0 Å². The number of nitrogens with zero attached hydrogens (tertiary/aromatic N) is 3. The number of aryl methyl sites for hydroxylation is 1. The number of benzene rings is 1. The van der Waals surface area contributed by atoms with Crippen LogP contribution >= 0.6 is 11.6 Å². The molecule has 1 fully saturated rings. The molecule has 2 unspecified atom stereocenters. The summed E-state index contributed by atoms with van der Waals surface area (Å²) in [6, 6.07) is 7.60. The fourth-order valence-corrected chi connectivity index (χ4v) is 4.55. The zero-order valence-electron chi connectivity index (χ0n) is 19.6. The number of halogens is 2. The molecule has 2 atom stereocenters. The number of carbonyl (C=O) groups excluding carboxylic acids is 1. The maximum absolute atomic E-state index is 14.8. The third kappa shape index (κ3) is 5.93. The Morgan fingerprint density at radius 1 is 1.37 bits per heavy atom. The lowest BCUT2D eigenvalue weighted by Gasteiger charge is -2.38. The summed E-state index contributed by atoms with van der Waals surface area (Å²) < 4.78 is 20.4. The predicted octanol–water partition coefficient (Wildman–Crippen LogP) is 3.05. The molecule has 1 aliphatic rings. The molecule has 0 spiro atoms. The molecule has 1 aliphatic heterocycles. The second kappa shape index (κ2) is 11.1. The Bertz CT molecular complexity index is 1230. The van der Waals surface area contributed by atoms with Crippen LogP contribution in [0.3, 0.4) is 0 Å². The van der Waals surface area contributed by atoms with E-state index in [1.54, 1.807) is 43.6 Å². The molecular weight excluding hydrogens is 473 g/mol. The van der Waals surface area contributed by atoms with Crippen LogP contribution < -0.4 is 10.9 Å². The number of aromatic nitrogens is 3. The van der Waals surface area contributed by atoms with E-state index >= 15 is 0 Å². The summed E-state index contributed by atoms with van der Waals surface area (Å²) >= 11 is 6.36. The first-order valence-electron chi connectivity index (χ1n) is 11.4. The van der Waals surface area contributed by atoms with Crippen LogP contribution in [-0.2, 0) is 16.0 Å². The van der Waals surface area contributed by atoms with Gasteiger partial charge in [-0.05, 0) is 38.1 Å². The summed E-state index contributed by atoms with van der Waals surface area (Å²) in [5.74, 6) is -0.410. The van der Waals surface area contributed by atoms with Crippen LogP contribution in [0.15, 0.2) is 47.5 Å². The molecule has 3 aromatic rings. The van der Waals surface area contributed by atoms with E-state index in [9.17, 15) is 14.0 Å². The van der Waals surface area contributed by atoms with Crippen LogP contribution in [-0.4, -0.2) is 58.1 Å². The van der Waals surface area contributed by atoms with Gasteiger partial charge in [-0.2, -0.15) is 0 Å². The number of pyridine rings is 1. The van der Waals surface area contributed by atoms with Gasteiger partial charge in [0, 0.05) is 59.4 Å². The average Bonchev–Trinajstić information content (AvgIpc) is 2.83. The highest BCUT2D eigenvalue weighted by Crippen LogP contribution is 2.31. The van der Waals surface area contributed by atoms with Crippen LogP contribution in [0.4, 0.5) is 4.39 Å². The van der Waals surface area contributed by atoms with Crippen LogP contribution in [0, 0.1) is 12.7 Å². The van der Waals surface area contributed by atoms with Crippen molar-refractivity contribution in [3.63, 3.8) is 0 Å². The number of morpholine rings is 1. The maximum atomic E-state index is 14.8. The van der Waals surface area contributed by atoms with Crippen LogP contribution in [0.1, 0.15) is 29.8 Å². The van der Waals surface area contributed by atoms with Crippen LogP contribution in [0.5, 0.6) is 0 Å². The molecule has 10 heteroatoms. The lowest BCUT2D eigenvalue weighted by Crippen LogP contribution is -2.47. The van der Waals surface area contributed by atoms with Gasteiger partial charge in [0.05, 0.1) is 25.2 Å². The summed E-state index contributed by atoms with van der Waals surface area (Å²) in [5, 5.41) is 3.16. The number of hydrogen-bond acceptors (Lipinski definition) is 6. The molecule has 2 N–H and O–H groups in total. The van der Waals surface area contributed by atoms with E-state index in [0.29, 0.717) is 47.4 Å². The number of rotatable bonds is 7. The average molecular weight is 500 g/mol. The molecule has 1 amide bonds. The van der Waals surface area contributed by atoms with Crippen molar-refractivity contribution in [1.29, 1.82) is 0 Å². The first-order valence-corrected chi connectivity index (χ1v) is 11.8. The van der Waals surface area contributed by atoms with E-state index in [-0.39, 0.29) is 36.1 Å². The zero-order valence-corrected chi connectivity index (χ0v) is 20.3. The van der Waals surface area contributed by atoms with Crippen LogP contribution in [0.25, 0.3) is 11.4 Å². The van der Waals surface area contributed by atoms with Crippen molar-refractivity contribution in [1.82, 2.24) is 25.2 Å². The lowest BCUT2D eigenvalue weighted by molar-refractivity contribution is -0.120. The van der Waals surface area contributed by atoms with E-state index in [1.165, 1.54) is 6.07 Å². The number of ether oxygens (including phenoxy) is 1. The van der Waals surface area contributed by atoms with Gasteiger partial charge in [0.25, 0.3) is 5.56 Å². The van der Waals surface area contributed by atoms with Gasteiger partial charge in [-0.25, -0.2) is 9.37 Å². The highest BCUT2D eigenvalue weighted by Gasteiger charge is 2.29. The minimum absolute atomic E-state index is 0.0295. The Labute approximate surface area is 207 Å². The van der Waals surface area contributed by atoms with Crippen molar-refractivity contribution >= 4 is 17.5 Å². The molecule has 4 rings (SSSR count). The first-order chi connectivity index (χ1) is 16.8. The topological polar surface area (TPSA) is 100 Å². The summed E-state index contributed by atoms with van der Waals surface area (Å²) in [6.07, 6.45) is 3.05. The molecule has 0 bridgehead atoms. The molecule has 35 heavy (non-hydrogen) atoms. The van der Waals surface area contributed by atoms with Crippen molar-refractivity contribution in [2.24, 2.45) is 0 Å². The van der Waals surface area contributed by atoms with Gasteiger partial charge >= 0.3 is 0 Å². The summed E-state index contributed by atoms with van der Waals surface area (Å²) in [5.41, 5.74) is 1.35. The summed E-state index contributed by atoms with van der Waals surface area (Å²) in [6.45, 7) is 5.42. The van der Waals surface area contributed by atoms with Crippen molar-refractivity contribution in [2.75, 3.05) is 26.2 Å². The van der Waals surface area contributed by atoms with Gasteiger partial charge in [0.1, 0.15) is 11.6 Å². The molecule has 0 radical (unpaired) electrons. The van der Waals surface area contributed by atoms with Crippen molar-refractivity contribution < 1.29 is 13.9 Å². The van der Waals surface area contributed by atoms with E-state index in [1.807, 2.05) is 6.92 Å². The van der Waals surface area contributed by atoms with E-state index in [4.69, 9.17) is 16.3 Å². The molecule has 1 saturated heterocycles. The van der Waals surface area contributed by atoms with Gasteiger partial charge in [-0.1, -0.05) is 17.7 Å². The molecule has 3 heterocycles. The molecule has 8 nitrogen and oxygen atoms in total. The largest absolute Gasteiger partial charge is 0.376 e. The Morgan fingerprint density at radius 3 is 2.89 bits per heavy atom. The number of nitrogens with one attached hydrogen (secondary N) is 2. The Kier molecular flexibility index (Phi) is 7.90. The highest BCUT2D eigenvalue weighted by atomic mass is 35.5. The van der Waals surface area contributed by atoms with Crippen molar-refractivity contribution in [3.8, 4) is 11.4 Å². The fraction of sp³-hybridized carbons (Fsp3) is 0.360. The highest BCUT2D eigenvalue weighted by molar-refractivity contribution is 6.31. The third-order valence-corrected chi connectivity index (χ3v) is 6.36. The smallest absolute Gasteiger partial charge is 0.255 e. The minimum atomic E-state index is -0.482. The first kappa shape index (κ1) is 25.0. The zero-order chi connectivity index (χ0) is 24.9. The summed E-state index contributed by atoms with van der Waals surface area (Å²) in [7, 11) is 0. The SMILES string of the molecule is Cc1nc(-c2cccnc2)[nH]c(=O)c1CC(=O)NCC(c1c(F)cccc1Cl)N1CCOC(C)C1. The number of aromatic amines is 1. The molecule has 0 saturated carbocycles. The van der Waals surface area contributed by atoms with Gasteiger partial charge in [0.2, 0.25) is 5.91 Å². The standard InChI is InChI=1S/C25H27ClFN5O3/c1-15-14-32(9-10-35-15)21(23-19(26)6-3-7-20(23)27)13-29-22(33)11-18-16(2)30-24(31-25(18)34)17-5-4-8-28-12-17/h3-8,12,15,21H,9-11,13-14H2,1-2H3,(H,29,33)(H,30,31,34). The number of carbonyl (C=O) groups is 1. The van der Waals surface area contributed by atoms with E-state index < -0.39 is 11.9 Å². The van der Waals surface area contributed by atoms with Crippen molar-refractivity contribution in [2.45, 2.75) is 32.4 Å². The minimum Gasteiger partial charge on any atom is -0.376 e. The fourth-order valence-electron chi connectivity index (χ4n) is 4.26. The number of amides is 1. The Hall–Kier alpha value is -3.14. The van der Waals surface area contributed by atoms with E-state index in [2.05, 4.69) is 25.2 Å². The van der Waals surface area contributed by atoms with Gasteiger partial charge in [0.15, 0.2) is 0 Å². The third-order valence-electron chi connectivity index (χ3n) is 6.03. The van der Waals surface area contributed by atoms with Gasteiger partial charge in [-0.3, -0.25) is 19.5 Å². The molecule has 184 valence electrons. The second-order valence-corrected chi connectivity index (χ2v) is 8.94. The van der Waals surface area contributed by atoms with Gasteiger partial charge in [-0.15, -0.1) is 0 Å². The molecule has 1 aromatic carbocycles. The second-order valence-electron chi connectivity index (χ2n) is 8.53. The molecular formula is C25H27ClFN5O3.